The minimum Gasteiger partial charge on any atom is -0.377 e. The van der Waals surface area contributed by atoms with Crippen molar-refractivity contribution in [2.24, 2.45) is 5.73 Å². The SMILES string of the molecule is COC1CN(c2ncc(CN)c3ccccc23)CC1OC. The van der Waals surface area contributed by atoms with Crippen LogP contribution in [0.25, 0.3) is 10.8 Å². The van der Waals surface area contributed by atoms with Crippen LogP contribution in [-0.2, 0) is 16.0 Å². The number of hydrogen-bond acceptors (Lipinski definition) is 5. The van der Waals surface area contributed by atoms with Crippen molar-refractivity contribution in [3.63, 3.8) is 0 Å². The van der Waals surface area contributed by atoms with Crippen molar-refractivity contribution in [1.82, 2.24) is 4.98 Å². The highest BCUT2D eigenvalue weighted by molar-refractivity contribution is 5.94. The molecule has 0 aliphatic carbocycles. The van der Waals surface area contributed by atoms with E-state index >= 15 is 0 Å². The third-order valence-electron chi connectivity index (χ3n) is 4.20. The molecule has 112 valence electrons. The fraction of sp³-hybridized carbons (Fsp3) is 0.438. The van der Waals surface area contributed by atoms with Crippen LogP contribution in [-0.4, -0.2) is 44.5 Å². The van der Waals surface area contributed by atoms with Crippen molar-refractivity contribution in [2.75, 3.05) is 32.2 Å². The number of rotatable bonds is 4. The number of fused-ring (bicyclic) bond motifs is 1. The first-order valence-corrected chi connectivity index (χ1v) is 7.15. The van der Waals surface area contributed by atoms with Gasteiger partial charge in [0, 0.05) is 45.4 Å². The van der Waals surface area contributed by atoms with E-state index in [9.17, 15) is 0 Å². The van der Waals surface area contributed by atoms with Gasteiger partial charge in [-0.1, -0.05) is 24.3 Å². The quantitative estimate of drug-likeness (QED) is 0.924. The lowest BCUT2D eigenvalue weighted by molar-refractivity contribution is -0.00461. The molecule has 0 saturated carbocycles. The van der Waals surface area contributed by atoms with Gasteiger partial charge in [0.2, 0.25) is 0 Å². The molecule has 1 aromatic heterocycles. The van der Waals surface area contributed by atoms with Gasteiger partial charge in [0.1, 0.15) is 18.0 Å². The van der Waals surface area contributed by atoms with Gasteiger partial charge in [-0.3, -0.25) is 0 Å². The highest BCUT2D eigenvalue weighted by Crippen LogP contribution is 2.30. The molecular formula is C16H21N3O2. The smallest absolute Gasteiger partial charge is 0.136 e. The van der Waals surface area contributed by atoms with Crippen molar-refractivity contribution < 1.29 is 9.47 Å². The summed E-state index contributed by atoms with van der Waals surface area (Å²) in [5.74, 6) is 0.976. The predicted octanol–water partition coefficient (Wildman–Crippen LogP) is 1.54. The number of pyridine rings is 1. The number of methoxy groups -OCH3 is 2. The van der Waals surface area contributed by atoms with E-state index in [2.05, 4.69) is 22.0 Å². The van der Waals surface area contributed by atoms with E-state index in [1.54, 1.807) is 14.2 Å². The zero-order valence-corrected chi connectivity index (χ0v) is 12.5. The maximum absolute atomic E-state index is 5.81. The van der Waals surface area contributed by atoms with Crippen molar-refractivity contribution in [1.29, 1.82) is 0 Å². The maximum atomic E-state index is 5.81. The van der Waals surface area contributed by atoms with Crippen LogP contribution in [0.2, 0.25) is 0 Å². The van der Waals surface area contributed by atoms with E-state index in [4.69, 9.17) is 15.2 Å². The molecule has 2 atom stereocenters. The van der Waals surface area contributed by atoms with E-state index < -0.39 is 0 Å². The van der Waals surface area contributed by atoms with Crippen LogP contribution in [0.4, 0.5) is 5.82 Å². The van der Waals surface area contributed by atoms with Gasteiger partial charge in [-0.05, 0) is 10.9 Å². The molecule has 2 unspecified atom stereocenters. The Kier molecular flexibility index (Phi) is 4.05. The molecule has 3 rings (SSSR count). The van der Waals surface area contributed by atoms with E-state index in [1.165, 1.54) is 5.39 Å². The van der Waals surface area contributed by atoms with Gasteiger partial charge in [0.25, 0.3) is 0 Å². The van der Waals surface area contributed by atoms with Crippen LogP contribution in [0.3, 0.4) is 0 Å². The summed E-state index contributed by atoms with van der Waals surface area (Å²) >= 11 is 0. The van der Waals surface area contributed by atoms with E-state index in [0.29, 0.717) is 6.54 Å². The zero-order chi connectivity index (χ0) is 14.8. The molecule has 1 aliphatic rings. The van der Waals surface area contributed by atoms with Crippen molar-refractivity contribution in [3.05, 3.63) is 36.0 Å². The molecule has 0 radical (unpaired) electrons. The molecule has 1 fully saturated rings. The second-order valence-electron chi connectivity index (χ2n) is 5.31. The zero-order valence-electron chi connectivity index (χ0n) is 12.5. The first-order valence-electron chi connectivity index (χ1n) is 7.15. The number of nitrogens with zero attached hydrogens (tertiary/aromatic N) is 2. The lowest BCUT2D eigenvalue weighted by Crippen LogP contribution is -2.27. The Morgan fingerprint density at radius 3 is 2.33 bits per heavy atom. The highest BCUT2D eigenvalue weighted by atomic mass is 16.5. The largest absolute Gasteiger partial charge is 0.377 e. The van der Waals surface area contributed by atoms with Gasteiger partial charge in [0.05, 0.1) is 0 Å². The standard InChI is InChI=1S/C16H21N3O2/c1-20-14-9-19(10-15(14)21-2)16-13-6-4-3-5-12(13)11(7-17)8-18-16/h3-6,8,14-15H,7,9-10,17H2,1-2H3. The topological polar surface area (TPSA) is 60.6 Å². The molecule has 2 N–H and O–H groups in total. The van der Waals surface area contributed by atoms with Gasteiger partial charge in [-0.25, -0.2) is 4.98 Å². The Hall–Kier alpha value is -1.69. The molecule has 0 bridgehead atoms. The summed E-state index contributed by atoms with van der Waals surface area (Å²) in [5.41, 5.74) is 6.88. The minimum atomic E-state index is 0.0738. The average Bonchev–Trinajstić information content (AvgIpc) is 2.97. The highest BCUT2D eigenvalue weighted by Gasteiger charge is 2.34. The Labute approximate surface area is 124 Å². The van der Waals surface area contributed by atoms with Crippen LogP contribution in [0.5, 0.6) is 0 Å². The molecule has 0 spiro atoms. The number of ether oxygens (including phenoxy) is 2. The molecule has 1 aliphatic heterocycles. The summed E-state index contributed by atoms with van der Waals surface area (Å²) in [6, 6.07) is 8.26. The van der Waals surface area contributed by atoms with E-state index in [0.717, 1.165) is 29.9 Å². The first-order chi connectivity index (χ1) is 10.3. The predicted molar refractivity (Wildman–Crippen MR) is 83.4 cm³/mol. The van der Waals surface area contributed by atoms with Crippen molar-refractivity contribution >= 4 is 16.6 Å². The van der Waals surface area contributed by atoms with E-state index in [1.807, 2.05) is 18.3 Å². The van der Waals surface area contributed by atoms with Crippen LogP contribution in [0, 0.1) is 0 Å². The summed E-state index contributed by atoms with van der Waals surface area (Å²) in [6.45, 7) is 2.07. The molecule has 1 saturated heterocycles. The molecule has 2 heterocycles. The van der Waals surface area contributed by atoms with Crippen LogP contribution in [0.15, 0.2) is 30.5 Å². The molecule has 5 heteroatoms. The molecule has 2 aromatic rings. The third-order valence-corrected chi connectivity index (χ3v) is 4.20. The minimum absolute atomic E-state index is 0.0738. The summed E-state index contributed by atoms with van der Waals surface area (Å²) in [4.78, 5) is 6.86. The second kappa shape index (κ2) is 5.97. The molecule has 5 nitrogen and oxygen atoms in total. The van der Waals surface area contributed by atoms with Gasteiger partial charge < -0.3 is 20.1 Å². The van der Waals surface area contributed by atoms with Gasteiger partial charge >= 0.3 is 0 Å². The summed E-state index contributed by atoms with van der Waals surface area (Å²) in [7, 11) is 3.45. The normalized spacial score (nSPS) is 22.1. The lowest BCUT2D eigenvalue weighted by Gasteiger charge is -2.20. The Bertz CT molecular complexity index is 620. The van der Waals surface area contributed by atoms with Crippen molar-refractivity contribution in [3.8, 4) is 0 Å². The van der Waals surface area contributed by atoms with E-state index in [-0.39, 0.29) is 12.2 Å². The first kappa shape index (κ1) is 14.3. The van der Waals surface area contributed by atoms with Crippen molar-refractivity contribution in [2.45, 2.75) is 18.8 Å². The number of anilines is 1. The van der Waals surface area contributed by atoms with Gasteiger partial charge in [0.15, 0.2) is 0 Å². The molecular weight excluding hydrogens is 266 g/mol. The van der Waals surface area contributed by atoms with Crippen LogP contribution >= 0.6 is 0 Å². The van der Waals surface area contributed by atoms with Gasteiger partial charge in [-0.15, -0.1) is 0 Å². The second-order valence-corrected chi connectivity index (χ2v) is 5.31. The third kappa shape index (κ3) is 2.48. The number of hydrogen-bond donors (Lipinski definition) is 1. The molecule has 0 amide bonds. The van der Waals surface area contributed by atoms with Crippen LogP contribution in [0.1, 0.15) is 5.56 Å². The monoisotopic (exact) mass is 287 g/mol. The number of benzene rings is 1. The number of aromatic nitrogens is 1. The Balaban J connectivity index is 2.02. The fourth-order valence-electron chi connectivity index (χ4n) is 3.02. The Morgan fingerprint density at radius 1 is 1.14 bits per heavy atom. The number of nitrogens with two attached hydrogens (primary N) is 1. The lowest BCUT2D eigenvalue weighted by atomic mass is 10.1. The molecule has 1 aromatic carbocycles. The maximum Gasteiger partial charge on any atom is 0.136 e. The molecule has 21 heavy (non-hydrogen) atoms. The summed E-state index contributed by atoms with van der Waals surface area (Å²) in [5, 5.41) is 2.30. The summed E-state index contributed by atoms with van der Waals surface area (Å²) < 4.78 is 11.0. The fourth-order valence-corrected chi connectivity index (χ4v) is 3.02. The summed E-state index contributed by atoms with van der Waals surface area (Å²) in [6.07, 6.45) is 2.02. The van der Waals surface area contributed by atoms with Gasteiger partial charge in [-0.2, -0.15) is 0 Å². The van der Waals surface area contributed by atoms with Crippen LogP contribution < -0.4 is 10.6 Å². The Morgan fingerprint density at radius 2 is 1.76 bits per heavy atom. The average molecular weight is 287 g/mol.